The predicted octanol–water partition coefficient (Wildman–Crippen LogP) is 1.21. The van der Waals surface area contributed by atoms with Crippen LogP contribution < -0.4 is 10.1 Å². The number of hydrogen-bond acceptors (Lipinski definition) is 3. The summed E-state index contributed by atoms with van der Waals surface area (Å²) >= 11 is 0. The monoisotopic (exact) mass is 261 g/mol. The molecule has 1 unspecified atom stereocenters. The van der Waals surface area contributed by atoms with Crippen LogP contribution in [0, 0.1) is 19.3 Å². The second-order valence-corrected chi connectivity index (χ2v) is 3.97. The normalized spacial score (nSPS) is 11.2. The number of aryl methyl sites for hydroxylation is 1. The number of carbonyl (C=O) groups is 2. The van der Waals surface area contributed by atoms with Gasteiger partial charge in [-0.1, -0.05) is 5.92 Å². The van der Waals surface area contributed by atoms with E-state index in [1.54, 1.807) is 13.8 Å². The third-order valence-corrected chi connectivity index (χ3v) is 2.46. The number of carboxylic acid groups (broad SMARTS) is 1. The number of carboxylic acids is 1. The van der Waals surface area contributed by atoms with Crippen molar-refractivity contribution in [2.45, 2.75) is 20.0 Å². The van der Waals surface area contributed by atoms with Gasteiger partial charge in [-0.15, -0.1) is 6.42 Å². The van der Waals surface area contributed by atoms with Gasteiger partial charge >= 0.3 is 5.97 Å². The Labute approximate surface area is 111 Å². The molecular weight excluding hydrogens is 246 g/mol. The van der Waals surface area contributed by atoms with Gasteiger partial charge in [-0.2, -0.15) is 0 Å². The first-order chi connectivity index (χ1) is 8.95. The van der Waals surface area contributed by atoms with Crippen LogP contribution in [0.5, 0.6) is 5.75 Å². The first kappa shape index (κ1) is 14.6. The Morgan fingerprint density at radius 1 is 1.53 bits per heavy atom. The van der Waals surface area contributed by atoms with Gasteiger partial charge in [0.05, 0.1) is 12.1 Å². The molecule has 0 bridgehead atoms. The molecule has 1 atom stereocenters. The molecule has 0 aliphatic rings. The number of aromatic carboxylic acids is 1. The van der Waals surface area contributed by atoms with Crippen LogP contribution in [-0.4, -0.2) is 29.6 Å². The fraction of sp³-hybridized carbons (Fsp3) is 0.286. The van der Waals surface area contributed by atoms with Crippen molar-refractivity contribution in [3.63, 3.8) is 0 Å². The molecule has 1 rings (SSSR count). The van der Waals surface area contributed by atoms with Gasteiger partial charge in [0, 0.05) is 0 Å². The highest BCUT2D eigenvalue weighted by Gasteiger charge is 2.15. The third kappa shape index (κ3) is 4.03. The zero-order valence-electron chi connectivity index (χ0n) is 10.8. The van der Waals surface area contributed by atoms with E-state index < -0.39 is 12.1 Å². The van der Waals surface area contributed by atoms with Crippen molar-refractivity contribution in [2.75, 3.05) is 6.54 Å². The van der Waals surface area contributed by atoms with Gasteiger partial charge in [0.15, 0.2) is 6.10 Å². The van der Waals surface area contributed by atoms with Gasteiger partial charge < -0.3 is 15.2 Å². The van der Waals surface area contributed by atoms with Crippen LogP contribution in [0.2, 0.25) is 0 Å². The second-order valence-electron chi connectivity index (χ2n) is 3.97. The van der Waals surface area contributed by atoms with Crippen LogP contribution in [0.4, 0.5) is 0 Å². The van der Waals surface area contributed by atoms with Gasteiger partial charge in [0.1, 0.15) is 5.75 Å². The Kier molecular flexibility index (Phi) is 4.95. The first-order valence-electron chi connectivity index (χ1n) is 5.67. The highest BCUT2D eigenvalue weighted by atomic mass is 16.5. The van der Waals surface area contributed by atoms with Gasteiger partial charge in [-0.3, -0.25) is 4.79 Å². The van der Waals surface area contributed by atoms with Crippen LogP contribution in [0.15, 0.2) is 18.2 Å². The number of amides is 1. The summed E-state index contributed by atoms with van der Waals surface area (Å²) in [5.41, 5.74) is 0.825. The van der Waals surface area contributed by atoms with Crippen molar-refractivity contribution in [1.82, 2.24) is 5.32 Å². The standard InChI is InChI=1S/C14H15NO4/c1-4-7-15-13(16)10(3)19-12-6-5-11(14(17)18)8-9(12)2/h1,5-6,8,10H,7H2,2-3H3,(H,15,16)(H,17,18). The molecule has 0 spiro atoms. The van der Waals surface area contributed by atoms with E-state index in [0.29, 0.717) is 11.3 Å². The molecule has 0 aromatic heterocycles. The van der Waals surface area contributed by atoms with Gasteiger partial charge in [-0.25, -0.2) is 4.79 Å². The van der Waals surface area contributed by atoms with Crippen LogP contribution in [0.3, 0.4) is 0 Å². The molecule has 0 saturated heterocycles. The summed E-state index contributed by atoms with van der Waals surface area (Å²) in [6, 6.07) is 4.45. The van der Waals surface area contributed by atoms with Crippen LogP contribution in [-0.2, 0) is 4.79 Å². The Morgan fingerprint density at radius 2 is 2.21 bits per heavy atom. The topological polar surface area (TPSA) is 75.6 Å². The third-order valence-electron chi connectivity index (χ3n) is 2.46. The lowest BCUT2D eigenvalue weighted by Crippen LogP contribution is -2.36. The highest BCUT2D eigenvalue weighted by molar-refractivity contribution is 5.88. The maximum absolute atomic E-state index is 11.6. The minimum Gasteiger partial charge on any atom is -0.481 e. The maximum atomic E-state index is 11.6. The van der Waals surface area contributed by atoms with Crippen LogP contribution in [0.1, 0.15) is 22.8 Å². The van der Waals surface area contributed by atoms with Gasteiger partial charge in [0.25, 0.3) is 5.91 Å². The molecule has 100 valence electrons. The molecule has 0 saturated carbocycles. The molecule has 1 amide bonds. The van der Waals surface area contributed by atoms with Crippen molar-refractivity contribution in [2.24, 2.45) is 0 Å². The molecule has 0 fully saturated rings. The van der Waals surface area contributed by atoms with Crippen molar-refractivity contribution in [3.05, 3.63) is 29.3 Å². The largest absolute Gasteiger partial charge is 0.481 e. The summed E-state index contributed by atoms with van der Waals surface area (Å²) in [7, 11) is 0. The summed E-state index contributed by atoms with van der Waals surface area (Å²) in [5, 5.41) is 11.4. The average molecular weight is 261 g/mol. The van der Waals surface area contributed by atoms with Crippen molar-refractivity contribution in [1.29, 1.82) is 0 Å². The lowest BCUT2D eigenvalue weighted by Gasteiger charge is -2.15. The number of carbonyl (C=O) groups excluding carboxylic acids is 1. The molecule has 19 heavy (non-hydrogen) atoms. The van der Waals surface area contributed by atoms with Crippen LogP contribution >= 0.6 is 0 Å². The number of ether oxygens (including phenoxy) is 1. The van der Waals surface area contributed by atoms with E-state index in [4.69, 9.17) is 16.3 Å². The van der Waals surface area contributed by atoms with Crippen molar-refractivity contribution < 1.29 is 19.4 Å². The summed E-state index contributed by atoms with van der Waals surface area (Å²) in [6.45, 7) is 3.45. The zero-order chi connectivity index (χ0) is 14.4. The van der Waals surface area contributed by atoms with E-state index in [1.165, 1.54) is 18.2 Å². The van der Waals surface area contributed by atoms with Crippen molar-refractivity contribution >= 4 is 11.9 Å². The molecule has 0 aliphatic carbocycles. The molecule has 5 nitrogen and oxygen atoms in total. The number of terminal acetylenes is 1. The molecule has 1 aromatic carbocycles. The first-order valence-corrected chi connectivity index (χ1v) is 5.67. The lowest BCUT2D eigenvalue weighted by molar-refractivity contribution is -0.127. The molecule has 5 heteroatoms. The number of hydrogen-bond donors (Lipinski definition) is 2. The fourth-order valence-corrected chi connectivity index (χ4v) is 1.44. The lowest BCUT2D eigenvalue weighted by atomic mass is 10.1. The van der Waals surface area contributed by atoms with E-state index in [-0.39, 0.29) is 18.0 Å². The number of nitrogens with one attached hydrogen (secondary N) is 1. The van der Waals surface area contributed by atoms with E-state index in [2.05, 4.69) is 11.2 Å². The Hall–Kier alpha value is -2.48. The molecule has 1 aromatic rings. The maximum Gasteiger partial charge on any atom is 0.335 e. The highest BCUT2D eigenvalue weighted by Crippen LogP contribution is 2.20. The van der Waals surface area contributed by atoms with Gasteiger partial charge in [-0.05, 0) is 37.6 Å². The Morgan fingerprint density at radius 3 is 2.74 bits per heavy atom. The summed E-state index contributed by atoms with van der Waals surface area (Å²) in [4.78, 5) is 22.4. The average Bonchev–Trinajstić information content (AvgIpc) is 2.37. The SMILES string of the molecule is C#CCNC(=O)C(C)Oc1ccc(C(=O)O)cc1C. The zero-order valence-corrected chi connectivity index (χ0v) is 10.8. The molecular formula is C14H15NO4. The summed E-state index contributed by atoms with van der Waals surface area (Å²) in [6.07, 6.45) is 4.33. The molecule has 0 heterocycles. The quantitative estimate of drug-likeness (QED) is 0.781. The minimum atomic E-state index is -1.01. The van der Waals surface area contributed by atoms with E-state index in [9.17, 15) is 9.59 Å². The summed E-state index contributed by atoms with van der Waals surface area (Å²) in [5.74, 6) is 1.44. The fourth-order valence-electron chi connectivity index (χ4n) is 1.44. The van der Waals surface area contributed by atoms with E-state index in [1.807, 2.05) is 0 Å². The minimum absolute atomic E-state index is 0.142. The smallest absolute Gasteiger partial charge is 0.335 e. The summed E-state index contributed by atoms with van der Waals surface area (Å²) < 4.78 is 5.47. The molecule has 0 aliphatic heterocycles. The second kappa shape index (κ2) is 6.45. The Bertz CT molecular complexity index is 531. The number of rotatable bonds is 5. The molecule has 2 N–H and O–H groups in total. The van der Waals surface area contributed by atoms with Gasteiger partial charge in [0.2, 0.25) is 0 Å². The van der Waals surface area contributed by atoms with E-state index in [0.717, 1.165) is 0 Å². The van der Waals surface area contributed by atoms with Crippen molar-refractivity contribution in [3.8, 4) is 18.1 Å². The predicted molar refractivity (Wildman–Crippen MR) is 70.1 cm³/mol. The van der Waals surface area contributed by atoms with Crippen LogP contribution in [0.25, 0.3) is 0 Å². The Balaban J connectivity index is 2.75. The number of benzene rings is 1. The molecule has 0 radical (unpaired) electrons. The van der Waals surface area contributed by atoms with E-state index >= 15 is 0 Å².